The highest BCUT2D eigenvalue weighted by atomic mass is 32.2. The number of H-pyrrole nitrogens is 1. The second-order valence-corrected chi connectivity index (χ2v) is 8.97. The highest BCUT2D eigenvalue weighted by Crippen LogP contribution is 2.30. The summed E-state index contributed by atoms with van der Waals surface area (Å²) in [5.41, 5.74) is 4.70. The molecule has 4 rings (SSSR count). The lowest BCUT2D eigenvalue weighted by atomic mass is 10.0. The van der Waals surface area contributed by atoms with Crippen molar-refractivity contribution in [3.63, 3.8) is 0 Å². The standard InChI is InChI=1S/C17H20N2O3S/c1-11-2-3-15-13(8-11)14-9-19(6-4-16(14)18-15)17(20)12-5-7-23(21,22)10-12/h2-3,8,12,18H,4-7,9-10H2,1H3. The summed E-state index contributed by atoms with van der Waals surface area (Å²) in [7, 11) is -3.02. The van der Waals surface area contributed by atoms with Crippen molar-refractivity contribution < 1.29 is 13.2 Å². The zero-order chi connectivity index (χ0) is 16.2. The highest BCUT2D eigenvalue weighted by Gasteiger charge is 2.36. The Morgan fingerprint density at radius 3 is 2.91 bits per heavy atom. The van der Waals surface area contributed by atoms with Gasteiger partial charge in [-0.25, -0.2) is 8.42 Å². The lowest BCUT2D eigenvalue weighted by Gasteiger charge is -2.29. The number of fused-ring (bicyclic) bond motifs is 3. The first kappa shape index (κ1) is 14.8. The van der Waals surface area contributed by atoms with Crippen LogP contribution in [-0.4, -0.2) is 42.3 Å². The van der Waals surface area contributed by atoms with Crippen LogP contribution in [-0.2, 0) is 27.6 Å². The predicted molar refractivity (Wildman–Crippen MR) is 88.9 cm³/mol. The lowest BCUT2D eigenvalue weighted by Crippen LogP contribution is -2.40. The molecule has 6 heteroatoms. The van der Waals surface area contributed by atoms with Gasteiger partial charge in [-0.1, -0.05) is 11.6 Å². The summed E-state index contributed by atoms with van der Waals surface area (Å²) in [6, 6.07) is 6.31. The van der Waals surface area contributed by atoms with E-state index in [9.17, 15) is 13.2 Å². The largest absolute Gasteiger partial charge is 0.358 e. The molecular formula is C17H20N2O3S. The Bertz CT molecular complexity index is 898. The molecule has 1 saturated heterocycles. The van der Waals surface area contributed by atoms with Gasteiger partial charge in [-0.2, -0.15) is 0 Å². The van der Waals surface area contributed by atoms with Gasteiger partial charge in [0, 0.05) is 41.7 Å². The number of hydrogen-bond donors (Lipinski definition) is 1. The molecule has 2 aliphatic rings. The van der Waals surface area contributed by atoms with E-state index in [1.54, 1.807) is 0 Å². The Labute approximate surface area is 135 Å². The Balaban J connectivity index is 1.62. The van der Waals surface area contributed by atoms with Crippen molar-refractivity contribution in [1.29, 1.82) is 0 Å². The fourth-order valence-corrected chi connectivity index (χ4v) is 5.50. The Morgan fingerprint density at radius 2 is 2.17 bits per heavy atom. The van der Waals surface area contributed by atoms with E-state index in [4.69, 9.17) is 0 Å². The number of carbonyl (C=O) groups excluding carboxylic acids is 1. The molecule has 5 nitrogen and oxygen atoms in total. The number of aromatic nitrogens is 1. The number of benzene rings is 1. The summed E-state index contributed by atoms with van der Waals surface area (Å²) in [4.78, 5) is 18.0. The molecule has 0 spiro atoms. The van der Waals surface area contributed by atoms with E-state index in [1.165, 1.54) is 22.2 Å². The topological polar surface area (TPSA) is 70.2 Å². The van der Waals surface area contributed by atoms with Gasteiger partial charge >= 0.3 is 0 Å². The van der Waals surface area contributed by atoms with Crippen LogP contribution in [0.2, 0.25) is 0 Å². The van der Waals surface area contributed by atoms with E-state index in [0.717, 1.165) is 11.9 Å². The summed E-state index contributed by atoms with van der Waals surface area (Å²) in [6.07, 6.45) is 1.27. The van der Waals surface area contributed by atoms with E-state index in [-0.39, 0.29) is 23.3 Å². The number of nitrogens with zero attached hydrogens (tertiary/aromatic N) is 1. The van der Waals surface area contributed by atoms with Crippen molar-refractivity contribution in [3.05, 3.63) is 35.0 Å². The number of aromatic amines is 1. The minimum Gasteiger partial charge on any atom is -0.358 e. The number of rotatable bonds is 1. The van der Waals surface area contributed by atoms with Crippen molar-refractivity contribution in [1.82, 2.24) is 9.88 Å². The van der Waals surface area contributed by atoms with Gasteiger partial charge in [0.25, 0.3) is 0 Å². The second kappa shape index (κ2) is 5.09. The smallest absolute Gasteiger partial charge is 0.227 e. The van der Waals surface area contributed by atoms with E-state index >= 15 is 0 Å². The number of nitrogens with one attached hydrogen (secondary N) is 1. The molecule has 2 aliphatic heterocycles. The van der Waals surface area contributed by atoms with E-state index in [2.05, 4.69) is 30.1 Å². The van der Waals surface area contributed by atoms with Crippen LogP contribution in [0.1, 0.15) is 23.2 Å². The molecule has 1 aromatic carbocycles. The van der Waals surface area contributed by atoms with E-state index in [1.807, 2.05) is 4.90 Å². The number of sulfone groups is 1. The van der Waals surface area contributed by atoms with Crippen molar-refractivity contribution >= 4 is 26.6 Å². The van der Waals surface area contributed by atoms with Crippen LogP contribution < -0.4 is 0 Å². The number of amides is 1. The Morgan fingerprint density at radius 1 is 1.35 bits per heavy atom. The minimum absolute atomic E-state index is 0.00118. The second-order valence-electron chi connectivity index (χ2n) is 6.74. The summed E-state index contributed by atoms with van der Waals surface area (Å²) < 4.78 is 23.2. The van der Waals surface area contributed by atoms with Gasteiger partial charge < -0.3 is 9.88 Å². The first-order valence-electron chi connectivity index (χ1n) is 8.02. The zero-order valence-electron chi connectivity index (χ0n) is 13.1. The molecule has 2 aromatic rings. The molecule has 23 heavy (non-hydrogen) atoms. The molecule has 0 aliphatic carbocycles. The van der Waals surface area contributed by atoms with Crippen LogP contribution in [0.15, 0.2) is 18.2 Å². The van der Waals surface area contributed by atoms with Gasteiger partial charge in [-0.3, -0.25) is 4.79 Å². The Kier molecular flexibility index (Phi) is 3.27. The van der Waals surface area contributed by atoms with Gasteiger partial charge in [-0.05, 0) is 25.5 Å². The maximum Gasteiger partial charge on any atom is 0.227 e. The maximum absolute atomic E-state index is 12.7. The van der Waals surface area contributed by atoms with Gasteiger partial charge in [0.05, 0.1) is 17.4 Å². The molecule has 0 saturated carbocycles. The monoisotopic (exact) mass is 332 g/mol. The van der Waals surface area contributed by atoms with E-state index in [0.29, 0.717) is 19.5 Å². The molecule has 1 aromatic heterocycles. The summed E-state index contributed by atoms with van der Waals surface area (Å²) in [5, 5.41) is 1.18. The quantitative estimate of drug-likeness (QED) is 0.865. The average molecular weight is 332 g/mol. The molecule has 1 unspecified atom stereocenters. The third kappa shape index (κ3) is 2.55. The predicted octanol–water partition coefficient (Wildman–Crippen LogP) is 1.80. The molecule has 3 heterocycles. The lowest BCUT2D eigenvalue weighted by molar-refractivity contribution is -0.135. The van der Waals surface area contributed by atoms with Crippen LogP contribution in [0.4, 0.5) is 0 Å². The van der Waals surface area contributed by atoms with Gasteiger partial charge in [0.1, 0.15) is 0 Å². The van der Waals surface area contributed by atoms with Crippen molar-refractivity contribution in [2.45, 2.75) is 26.3 Å². The molecule has 1 fully saturated rings. The molecule has 122 valence electrons. The van der Waals surface area contributed by atoms with Crippen LogP contribution in [0, 0.1) is 12.8 Å². The summed E-state index contributed by atoms with van der Waals surface area (Å²) in [5.74, 6) is -0.191. The highest BCUT2D eigenvalue weighted by molar-refractivity contribution is 7.91. The molecule has 1 N–H and O–H groups in total. The van der Waals surface area contributed by atoms with Crippen molar-refractivity contribution in [2.75, 3.05) is 18.1 Å². The van der Waals surface area contributed by atoms with Crippen LogP contribution >= 0.6 is 0 Å². The third-order valence-corrected chi connectivity index (χ3v) is 6.79. The van der Waals surface area contributed by atoms with Crippen LogP contribution in [0.25, 0.3) is 10.9 Å². The first-order chi connectivity index (χ1) is 10.9. The van der Waals surface area contributed by atoms with Gasteiger partial charge in [-0.15, -0.1) is 0 Å². The molecular weight excluding hydrogens is 312 g/mol. The molecule has 1 amide bonds. The van der Waals surface area contributed by atoms with E-state index < -0.39 is 9.84 Å². The average Bonchev–Trinajstić information content (AvgIpc) is 3.06. The third-order valence-electron chi connectivity index (χ3n) is 5.02. The van der Waals surface area contributed by atoms with Gasteiger partial charge in [0.2, 0.25) is 5.91 Å². The van der Waals surface area contributed by atoms with Crippen molar-refractivity contribution in [3.8, 4) is 0 Å². The fraction of sp³-hybridized carbons (Fsp3) is 0.471. The molecule has 0 bridgehead atoms. The first-order valence-corrected chi connectivity index (χ1v) is 9.84. The SMILES string of the molecule is Cc1ccc2[nH]c3c(c2c1)CN(C(=O)C1CCS(=O)(=O)C1)CC3. The fourth-order valence-electron chi connectivity index (χ4n) is 3.76. The summed E-state index contributed by atoms with van der Waals surface area (Å²) in [6.45, 7) is 3.30. The minimum atomic E-state index is -3.02. The van der Waals surface area contributed by atoms with Crippen molar-refractivity contribution in [2.24, 2.45) is 5.92 Å². The molecule has 0 radical (unpaired) electrons. The van der Waals surface area contributed by atoms with Crippen LogP contribution in [0.3, 0.4) is 0 Å². The Hall–Kier alpha value is -1.82. The molecule has 1 atom stereocenters. The number of carbonyl (C=O) groups is 1. The number of aryl methyl sites for hydroxylation is 1. The zero-order valence-corrected chi connectivity index (χ0v) is 13.9. The van der Waals surface area contributed by atoms with Crippen LogP contribution in [0.5, 0.6) is 0 Å². The van der Waals surface area contributed by atoms with Gasteiger partial charge in [0.15, 0.2) is 9.84 Å². The number of hydrogen-bond acceptors (Lipinski definition) is 3. The normalized spacial score (nSPS) is 23.2. The summed E-state index contributed by atoms with van der Waals surface area (Å²) >= 11 is 0. The maximum atomic E-state index is 12.7.